The van der Waals surface area contributed by atoms with Gasteiger partial charge in [-0.15, -0.1) is 22.7 Å². The predicted octanol–water partition coefficient (Wildman–Crippen LogP) is 4.11. The molecule has 0 saturated heterocycles. The zero-order chi connectivity index (χ0) is 23.4. The number of aromatic nitrogens is 4. The van der Waals surface area contributed by atoms with E-state index in [1.807, 2.05) is 54.9 Å². The van der Waals surface area contributed by atoms with E-state index in [1.165, 1.54) is 27.2 Å². The van der Waals surface area contributed by atoms with Crippen LogP contribution >= 0.6 is 22.7 Å². The Kier molecular flexibility index (Phi) is 7.05. The second-order valence-corrected chi connectivity index (χ2v) is 9.26. The molecule has 0 bridgehead atoms. The Morgan fingerprint density at radius 2 is 1.94 bits per heavy atom. The fraction of sp³-hybridized carbons (Fsp3) is 0.304. The van der Waals surface area contributed by atoms with Gasteiger partial charge in [0.05, 0.1) is 5.57 Å². The number of ether oxygens (including phenoxy) is 1. The molecule has 172 valence electrons. The highest BCUT2D eigenvalue weighted by molar-refractivity contribution is 7.12. The van der Waals surface area contributed by atoms with E-state index < -0.39 is 17.2 Å². The molecule has 8 nitrogen and oxygen atoms in total. The van der Waals surface area contributed by atoms with Crippen LogP contribution in [0.1, 0.15) is 42.3 Å². The molecule has 0 aliphatic carbocycles. The van der Waals surface area contributed by atoms with Crippen molar-refractivity contribution in [2.24, 2.45) is 0 Å². The maximum Gasteiger partial charge on any atom is 0.340 e. The first-order chi connectivity index (χ1) is 16.0. The highest BCUT2D eigenvalue weighted by Gasteiger charge is 2.20. The van der Waals surface area contributed by atoms with E-state index >= 15 is 0 Å². The van der Waals surface area contributed by atoms with Gasteiger partial charge in [0.2, 0.25) is 0 Å². The number of fused-ring (bicyclic) bond motifs is 1. The number of imidazole rings is 1. The van der Waals surface area contributed by atoms with Crippen LogP contribution < -0.4 is 11.2 Å². The Bertz CT molecular complexity index is 1390. The highest BCUT2D eigenvalue weighted by Crippen LogP contribution is 2.26. The number of hydrogen-bond donors (Lipinski definition) is 1. The number of carbonyl (C=O) groups excluding carboxylic acids is 1. The van der Waals surface area contributed by atoms with Crippen LogP contribution in [0.3, 0.4) is 0 Å². The molecule has 0 saturated carbocycles. The number of rotatable bonds is 9. The van der Waals surface area contributed by atoms with Crippen molar-refractivity contribution in [3.8, 4) is 0 Å². The third kappa shape index (κ3) is 4.76. The van der Waals surface area contributed by atoms with E-state index in [-0.39, 0.29) is 6.61 Å². The maximum atomic E-state index is 13.0. The van der Waals surface area contributed by atoms with E-state index in [0.717, 1.165) is 22.6 Å². The Hall–Kier alpha value is -3.24. The summed E-state index contributed by atoms with van der Waals surface area (Å²) in [5.41, 5.74) is 0.115. The number of carbonyl (C=O) groups is 1. The van der Waals surface area contributed by atoms with Crippen molar-refractivity contribution >= 4 is 51.5 Å². The van der Waals surface area contributed by atoms with Crippen LogP contribution in [0.25, 0.3) is 22.8 Å². The first-order valence-corrected chi connectivity index (χ1v) is 12.5. The van der Waals surface area contributed by atoms with Gasteiger partial charge in [-0.2, -0.15) is 0 Å². The van der Waals surface area contributed by atoms with Crippen molar-refractivity contribution in [1.82, 2.24) is 19.1 Å². The molecule has 0 unspecified atom stereocenters. The summed E-state index contributed by atoms with van der Waals surface area (Å²) < 4.78 is 8.82. The van der Waals surface area contributed by atoms with Crippen LogP contribution in [0.2, 0.25) is 0 Å². The summed E-state index contributed by atoms with van der Waals surface area (Å²) in [6.07, 6.45) is 3.49. The maximum absolute atomic E-state index is 13.0. The Morgan fingerprint density at radius 1 is 1.15 bits per heavy atom. The number of aromatic amines is 1. The second kappa shape index (κ2) is 10.1. The van der Waals surface area contributed by atoms with Gasteiger partial charge in [0.15, 0.2) is 11.2 Å². The molecule has 0 aliphatic rings. The van der Waals surface area contributed by atoms with Gasteiger partial charge in [-0.05, 0) is 42.3 Å². The van der Waals surface area contributed by atoms with Gasteiger partial charge in [-0.3, -0.25) is 14.3 Å². The third-order valence-electron chi connectivity index (χ3n) is 5.18. The van der Waals surface area contributed by atoms with Crippen LogP contribution in [0.4, 0.5) is 0 Å². The summed E-state index contributed by atoms with van der Waals surface area (Å²) >= 11 is 2.99. The number of esters is 1. The van der Waals surface area contributed by atoms with Gasteiger partial charge in [0.25, 0.3) is 5.56 Å². The lowest BCUT2D eigenvalue weighted by atomic mass is 10.2. The number of hydrogen-bond acceptors (Lipinski definition) is 7. The summed E-state index contributed by atoms with van der Waals surface area (Å²) in [5.74, 6) is -0.0540. The second-order valence-electron chi connectivity index (χ2n) is 7.34. The van der Waals surface area contributed by atoms with Gasteiger partial charge in [0, 0.05) is 22.8 Å². The van der Waals surface area contributed by atoms with Crippen molar-refractivity contribution in [3.63, 3.8) is 0 Å². The first kappa shape index (κ1) is 22.9. The van der Waals surface area contributed by atoms with Crippen molar-refractivity contribution in [2.75, 3.05) is 0 Å². The van der Waals surface area contributed by atoms with E-state index in [2.05, 4.69) is 9.97 Å². The SMILES string of the molecule is CCCCn1c(=O)[nH]c(=O)c2c1nc(COC(=O)/C(=C/c1cccs1)c1cccs1)n2CC. The van der Waals surface area contributed by atoms with Crippen molar-refractivity contribution in [3.05, 3.63) is 71.4 Å². The average molecular weight is 485 g/mol. The monoisotopic (exact) mass is 484 g/mol. The van der Waals surface area contributed by atoms with Crippen LogP contribution in [0.15, 0.2) is 44.6 Å². The summed E-state index contributed by atoms with van der Waals surface area (Å²) in [5, 5.41) is 3.85. The zero-order valence-electron chi connectivity index (χ0n) is 18.4. The third-order valence-corrected chi connectivity index (χ3v) is 6.91. The normalized spacial score (nSPS) is 11.9. The van der Waals surface area contributed by atoms with Crippen molar-refractivity contribution in [1.29, 1.82) is 0 Å². The zero-order valence-corrected chi connectivity index (χ0v) is 20.0. The first-order valence-electron chi connectivity index (χ1n) is 10.7. The predicted molar refractivity (Wildman–Crippen MR) is 132 cm³/mol. The Balaban J connectivity index is 1.67. The number of thiophene rings is 2. The highest BCUT2D eigenvalue weighted by atomic mass is 32.1. The van der Waals surface area contributed by atoms with E-state index in [9.17, 15) is 14.4 Å². The minimum absolute atomic E-state index is 0.115. The van der Waals surface area contributed by atoms with Gasteiger partial charge in [-0.1, -0.05) is 25.5 Å². The number of aryl methyl sites for hydroxylation is 2. The molecule has 0 atom stereocenters. The molecule has 1 N–H and O–H groups in total. The summed E-state index contributed by atoms with van der Waals surface area (Å²) in [6, 6.07) is 7.61. The fourth-order valence-corrected chi connectivity index (χ4v) is 4.97. The topological polar surface area (TPSA) is 99.0 Å². The quantitative estimate of drug-likeness (QED) is 0.285. The van der Waals surface area contributed by atoms with Crippen LogP contribution in [-0.2, 0) is 29.2 Å². The molecule has 4 aromatic rings. The lowest BCUT2D eigenvalue weighted by molar-refractivity contribution is -0.138. The minimum Gasteiger partial charge on any atom is -0.454 e. The number of nitrogens with one attached hydrogen (secondary N) is 1. The largest absolute Gasteiger partial charge is 0.454 e. The molecule has 0 aliphatic heterocycles. The van der Waals surface area contributed by atoms with Gasteiger partial charge in [-0.25, -0.2) is 14.6 Å². The molecule has 0 radical (unpaired) electrons. The lowest BCUT2D eigenvalue weighted by Gasteiger charge is -2.08. The molecule has 33 heavy (non-hydrogen) atoms. The number of nitrogens with zero attached hydrogens (tertiary/aromatic N) is 3. The van der Waals surface area contributed by atoms with E-state index in [4.69, 9.17) is 4.74 Å². The number of H-pyrrole nitrogens is 1. The van der Waals surface area contributed by atoms with Crippen LogP contribution in [0.5, 0.6) is 0 Å². The Morgan fingerprint density at radius 3 is 2.61 bits per heavy atom. The van der Waals surface area contributed by atoms with Gasteiger partial charge >= 0.3 is 11.7 Å². The summed E-state index contributed by atoms with van der Waals surface area (Å²) in [7, 11) is 0. The summed E-state index contributed by atoms with van der Waals surface area (Å²) in [4.78, 5) is 46.7. The van der Waals surface area contributed by atoms with E-state index in [0.29, 0.717) is 35.7 Å². The molecule has 0 amide bonds. The minimum atomic E-state index is -0.494. The molecule has 10 heteroatoms. The molecule has 4 heterocycles. The van der Waals surface area contributed by atoms with Crippen molar-refractivity contribution in [2.45, 2.75) is 46.4 Å². The van der Waals surface area contributed by atoms with Gasteiger partial charge < -0.3 is 9.30 Å². The molecular weight excluding hydrogens is 460 g/mol. The fourth-order valence-electron chi connectivity index (χ4n) is 3.58. The number of unbranched alkanes of at least 4 members (excludes halogenated alkanes) is 1. The van der Waals surface area contributed by atoms with Crippen LogP contribution in [0, 0.1) is 0 Å². The Labute approximate surface area is 197 Å². The van der Waals surface area contributed by atoms with E-state index in [1.54, 1.807) is 4.57 Å². The molecule has 4 rings (SSSR count). The molecule has 0 fully saturated rings. The molecule has 4 aromatic heterocycles. The standard InChI is InChI=1S/C23H24N4O4S2/c1-3-5-10-27-20-19(21(28)25-23(27)30)26(4-2)18(24-20)14-31-22(29)16(17-9-7-12-33-17)13-15-8-6-11-32-15/h6-9,11-13H,3-5,10,14H2,1-2H3,(H,25,28,30)/b16-13+. The smallest absolute Gasteiger partial charge is 0.340 e. The molecule has 0 aromatic carbocycles. The van der Waals surface area contributed by atoms with Crippen molar-refractivity contribution < 1.29 is 9.53 Å². The van der Waals surface area contributed by atoms with Crippen LogP contribution in [-0.4, -0.2) is 25.1 Å². The van der Waals surface area contributed by atoms with Gasteiger partial charge in [0.1, 0.15) is 12.4 Å². The molecular formula is C23H24N4O4S2. The summed E-state index contributed by atoms with van der Waals surface area (Å²) in [6.45, 7) is 4.69. The molecule has 0 spiro atoms. The lowest BCUT2D eigenvalue weighted by Crippen LogP contribution is -2.31. The average Bonchev–Trinajstić information content (AvgIpc) is 3.56.